The molecule has 4 nitrogen and oxygen atoms in total. The lowest BCUT2D eigenvalue weighted by atomic mass is 9.75. The van der Waals surface area contributed by atoms with E-state index < -0.39 is 5.60 Å². The van der Waals surface area contributed by atoms with Crippen molar-refractivity contribution in [2.75, 3.05) is 7.11 Å². The van der Waals surface area contributed by atoms with Crippen molar-refractivity contribution >= 4 is 5.78 Å². The highest BCUT2D eigenvalue weighted by Gasteiger charge is 2.41. The van der Waals surface area contributed by atoms with E-state index in [-0.39, 0.29) is 5.78 Å². The Hall–Kier alpha value is -1.16. The number of Topliss-reactive ketones (excluding diaryl/α,β-unsaturated/α-hetero) is 1. The van der Waals surface area contributed by atoms with Crippen LogP contribution in [0.5, 0.6) is 0 Å². The maximum atomic E-state index is 12.8. The SMILES string of the molecule is CCn1nc(C)cc1CC(=O)C1(OC)CCCC(C)C1. The standard InChI is InChI=1S/C16H26N2O2/c1-5-18-14(9-13(3)17-18)10-15(19)16(20-4)8-6-7-12(2)11-16/h9,12H,5-8,10-11H2,1-4H3. The van der Waals surface area contributed by atoms with Crippen LogP contribution in [0, 0.1) is 12.8 Å². The van der Waals surface area contributed by atoms with Gasteiger partial charge in [-0.2, -0.15) is 5.10 Å². The van der Waals surface area contributed by atoms with Crippen LogP contribution in [0.1, 0.15) is 50.9 Å². The van der Waals surface area contributed by atoms with Crippen molar-refractivity contribution in [3.8, 4) is 0 Å². The number of ether oxygens (including phenoxy) is 1. The number of hydrogen-bond donors (Lipinski definition) is 0. The zero-order valence-corrected chi connectivity index (χ0v) is 13.1. The minimum atomic E-state index is -0.575. The molecule has 1 aliphatic carbocycles. The second-order valence-corrected chi connectivity index (χ2v) is 6.09. The molecule has 2 unspecified atom stereocenters. The molecule has 0 aromatic carbocycles. The second kappa shape index (κ2) is 6.08. The summed E-state index contributed by atoms with van der Waals surface area (Å²) in [5.74, 6) is 0.770. The molecule has 0 saturated heterocycles. The molecule has 0 bridgehead atoms. The highest BCUT2D eigenvalue weighted by Crippen LogP contribution is 2.36. The van der Waals surface area contributed by atoms with E-state index in [2.05, 4.69) is 18.9 Å². The summed E-state index contributed by atoms with van der Waals surface area (Å²) < 4.78 is 7.60. The maximum absolute atomic E-state index is 12.8. The lowest BCUT2D eigenvalue weighted by molar-refractivity contribution is -0.146. The Morgan fingerprint density at radius 1 is 1.60 bits per heavy atom. The normalized spacial score (nSPS) is 26.7. The first-order valence-electron chi connectivity index (χ1n) is 7.62. The molecule has 1 saturated carbocycles. The van der Waals surface area contributed by atoms with E-state index in [4.69, 9.17) is 4.74 Å². The molecule has 1 fully saturated rings. The van der Waals surface area contributed by atoms with Crippen molar-refractivity contribution in [2.24, 2.45) is 5.92 Å². The number of rotatable bonds is 5. The van der Waals surface area contributed by atoms with Gasteiger partial charge in [-0.15, -0.1) is 0 Å². The molecule has 0 spiro atoms. The fourth-order valence-electron chi connectivity index (χ4n) is 3.40. The zero-order chi connectivity index (χ0) is 14.8. The molecule has 0 amide bonds. The molecule has 20 heavy (non-hydrogen) atoms. The van der Waals surface area contributed by atoms with Crippen molar-refractivity contribution in [1.29, 1.82) is 0 Å². The molecule has 0 N–H and O–H groups in total. The Kier molecular flexibility index (Phi) is 4.63. The first-order valence-corrected chi connectivity index (χ1v) is 7.62. The summed E-state index contributed by atoms with van der Waals surface area (Å²) in [6.45, 7) is 7.03. The van der Waals surface area contributed by atoms with Crippen LogP contribution < -0.4 is 0 Å². The number of methoxy groups -OCH3 is 1. The average molecular weight is 278 g/mol. The fraction of sp³-hybridized carbons (Fsp3) is 0.750. The zero-order valence-electron chi connectivity index (χ0n) is 13.1. The summed E-state index contributed by atoms with van der Waals surface area (Å²) in [6.07, 6.45) is 4.40. The van der Waals surface area contributed by atoms with Crippen molar-refractivity contribution < 1.29 is 9.53 Å². The van der Waals surface area contributed by atoms with Crippen molar-refractivity contribution in [2.45, 2.75) is 65.0 Å². The Morgan fingerprint density at radius 2 is 2.35 bits per heavy atom. The van der Waals surface area contributed by atoms with Gasteiger partial charge in [0.15, 0.2) is 5.78 Å². The van der Waals surface area contributed by atoms with Crippen LogP contribution in [0.4, 0.5) is 0 Å². The first-order chi connectivity index (χ1) is 9.50. The van der Waals surface area contributed by atoms with Crippen molar-refractivity contribution in [3.05, 3.63) is 17.5 Å². The molecule has 1 aliphatic rings. The molecular weight excluding hydrogens is 252 g/mol. The number of aryl methyl sites for hydroxylation is 2. The molecule has 1 aromatic rings. The summed E-state index contributed by atoms with van der Waals surface area (Å²) in [5, 5.41) is 4.41. The van der Waals surface area contributed by atoms with Gasteiger partial charge in [0, 0.05) is 19.3 Å². The molecule has 2 atom stereocenters. The maximum Gasteiger partial charge on any atom is 0.170 e. The van der Waals surface area contributed by atoms with E-state index in [1.807, 2.05) is 17.7 Å². The Balaban J connectivity index is 2.16. The number of ketones is 1. The number of carbonyl (C=O) groups excluding carboxylic acids is 1. The van der Waals surface area contributed by atoms with E-state index in [0.717, 1.165) is 37.2 Å². The number of aromatic nitrogens is 2. The molecule has 0 aliphatic heterocycles. The Bertz CT molecular complexity index is 481. The average Bonchev–Trinajstić information content (AvgIpc) is 2.78. The molecule has 4 heteroatoms. The monoisotopic (exact) mass is 278 g/mol. The van der Waals surface area contributed by atoms with E-state index >= 15 is 0 Å². The summed E-state index contributed by atoms with van der Waals surface area (Å²) in [4.78, 5) is 12.8. The van der Waals surface area contributed by atoms with E-state index in [9.17, 15) is 4.79 Å². The quantitative estimate of drug-likeness (QED) is 0.832. The lowest BCUT2D eigenvalue weighted by Gasteiger charge is -2.37. The number of carbonyl (C=O) groups is 1. The topological polar surface area (TPSA) is 44.1 Å². The third-order valence-corrected chi connectivity index (χ3v) is 4.48. The third kappa shape index (κ3) is 2.95. The van der Waals surface area contributed by atoms with Gasteiger partial charge in [-0.25, -0.2) is 0 Å². The van der Waals surface area contributed by atoms with E-state index in [1.165, 1.54) is 6.42 Å². The largest absolute Gasteiger partial charge is 0.370 e. The van der Waals surface area contributed by atoms with Crippen LogP contribution in [-0.4, -0.2) is 28.3 Å². The molecule has 1 heterocycles. The second-order valence-electron chi connectivity index (χ2n) is 6.09. The van der Waals surface area contributed by atoms with Gasteiger partial charge in [0.05, 0.1) is 12.1 Å². The van der Waals surface area contributed by atoms with Gasteiger partial charge in [0.2, 0.25) is 0 Å². The van der Waals surface area contributed by atoms with Crippen LogP contribution in [0.25, 0.3) is 0 Å². The van der Waals surface area contributed by atoms with Gasteiger partial charge < -0.3 is 4.74 Å². The van der Waals surface area contributed by atoms with Gasteiger partial charge >= 0.3 is 0 Å². The highest BCUT2D eigenvalue weighted by atomic mass is 16.5. The number of hydrogen-bond acceptors (Lipinski definition) is 3. The minimum Gasteiger partial charge on any atom is -0.370 e. The van der Waals surface area contributed by atoms with E-state index in [0.29, 0.717) is 12.3 Å². The van der Waals surface area contributed by atoms with Crippen molar-refractivity contribution in [1.82, 2.24) is 9.78 Å². The Labute approximate surface area is 121 Å². The molecular formula is C16H26N2O2. The van der Waals surface area contributed by atoms with Gasteiger partial charge in [0.25, 0.3) is 0 Å². The van der Waals surface area contributed by atoms with Gasteiger partial charge in [-0.05, 0) is 45.1 Å². The van der Waals surface area contributed by atoms with Crippen LogP contribution in [0.2, 0.25) is 0 Å². The summed E-state index contributed by atoms with van der Waals surface area (Å²) >= 11 is 0. The van der Waals surface area contributed by atoms with E-state index in [1.54, 1.807) is 7.11 Å². The predicted octanol–water partition coefficient (Wildman–Crippen LogP) is 2.92. The van der Waals surface area contributed by atoms with Crippen molar-refractivity contribution in [3.63, 3.8) is 0 Å². The van der Waals surface area contributed by atoms with Crippen LogP contribution in [0.3, 0.4) is 0 Å². The highest BCUT2D eigenvalue weighted by molar-refractivity contribution is 5.89. The first kappa shape index (κ1) is 15.2. The van der Waals surface area contributed by atoms with Crippen LogP contribution >= 0.6 is 0 Å². The molecule has 0 radical (unpaired) electrons. The summed E-state index contributed by atoms with van der Waals surface area (Å²) in [5.41, 5.74) is 1.40. The predicted molar refractivity (Wildman–Crippen MR) is 78.7 cm³/mol. The van der Waals surface area contributed by atoms with Gasteiger partial charge in [-0.3, -0.25) is 9.48 Å². The van der Waals surface area contributed by atoms with Crippen LogP contribution in [-0.2, 0) is 22.5 Å². The molecule has 112 valence electrons. The lowest BCUT2D eigenvalue weighted by Crippen LogP contribution is -2.45. The van der Waals surface area contributed by atoms with Gasteiger partial charge in [0.1, 0.15) is 5.60 Å². The molecule has 2 rings (SSSR count). The Morgan fingerprint density at radius 3 is 2.95 bits per heavy atom. The smallest absolute Gasteiger partial charge is 0.170 e. The molecule has 1 aromatic heterocycles. The fourth-order valence-corrected chi connectivity index (χ4v) is 3.40. The summed E-state index contributed by atoms with van der Waals surface area (Å²) in [7, 11) is 1.68. The number of nitrogens with zero attached hydrogens (tertiary/aromatic N) is 2. The van der Waals surface area contributed by atoms with Crippen LogP contribution in [0.15, 0.2) is 6.07 Å². The third-order valence-electron chi connectivity index (χ3n) is 4.48. The van der Waals surface area contributed by atoms with Gasteiger partial charge in [-0.1, -0.05) is 13.3 Å². The minimum absolute atomic E-state index is 0.209. The summed E-state index contributed by atoms with van der Waals surface area (Å²) in [6, 6.07) is 2.01.